The molecule has 10 heteroatoms. The van der Waals surface area contributed by atoms with Crippen LogP contribution in [0.5, 0.6) is 0 Å². The maximum Gasteiger partial charge on any atom is 0.422 e. The molecule has 1 N–H and O–H groups in total. The summed E-state index contributed by atoms with van der Waals surface area (Å²) >= 11 is 0. The number of ether oxygens (including phenoxy) is 2. The Labute approximate surface area is 198 Å². The Balaban J connectivity index is 1.50. The summed E-state index contributed by atoms with van der Waals surface area (Å²) in [4.78, 5) is 15.5. The molecule has 1 saturated heterocycles. The van der Waals surface area contributed by atoms with Gasteiger partial charge in [0.1, 0.15) is 5.56 Å². The number of pyridine rings is 1. The van der Waals surface area contributed by atoms with Crippen LogP contribution in [0, 0.1) is 16.5 Å². The highest BCUT2D eigenvalue weighted by Gasteiger charge is 2.50. The van der Waals surface area contributed by atoms with Crippen LogP contribution in [0.15, 0.2) is 12.3 Å². The minimum Gasteiger partial charge on any atom is -0.618 e. The zero-order valence-electron chi connectivity index (χ0n) is 20.0. The van der Waals surface area contributed by atoms with Gasteiger partial charge in [0.05, 0.1) is 31.1 Å². The number of hydrogen-bond acceptors (Lipinski definition) is 5. The lowest BCUT2D eigenvalue weighted by Gasteiger charge is -2.39. The Morgan fingerprint density at radius 1 is 1.38 bits per heavy atom. The monoisotopic (exact) mass is 485 g/mol. The summed E-state index contributed by atoms with van der Waals surface area (Å²) in [7, 11) is 1.68. The lowest BCUT2D eigenvalue weighted by Crippen LogP contribution is -2.52. The lowest BCUT2D eigenvalue weighted by atomic mass is 9.74. The van der Waals surface area contributed by atoms with Gasteiger partial charge in [-0.25, -0.2) is 0 Å². The van der Waals surface area contributed by atoms with Gasteiger partial charge in [-0.1, -0.05) is 13.8 Å². The molecular formula is C24H34F3N3O4. The van der Waals surface area contributed by atoms with Gasteiger partial charge in [-0.3, -0.25) is 4.79 Å². The third-order valence-electron chi connectivity index (χ3n) is 7.95. The van der Waals surface area contributed by atoms with Crippen molar-refractivity contribution in [3.05, 3.63) is 34.3 Å². The van der Waals surface area contributed by atoms with E-state index >= 15 is 0 Å². The first-order valence-electron chi connectivity index (χ1n) is 12.0. The molecule has 0 radical (unpaired) electrons. The van der Waals surface area contributed by atoms with Crippen LogP contribution < -0.4 is 10.0 Å². The molecule has 3 heterocycles. The summed E-state index contributed by atoms with van der Waals surface area (Å²) in [5, 5.41) is 15.9. The number of nitrogens with one attached hydrogen (secondary N) is 1. The van der Waals surface area contributed by atoms with Gasteiger partial charge in [-0.2, -0.15) is 17.9 Å². The number of carbonyl (C=O) groups is 1. The van der Waals surface area contributed by atoms with Gasteiger partial charge in [-0.05, 0) is 37.7 Å². The summed E-state index contributed by atoms with van der Waals surface area (Å²) in [5.41, 5.74) is -0.978. The predicted octanol–water partition coefficient (Wildman–Crippen LogP) is 2.81. The Morgan fingerprint density at radius 2 is 2.15 bits per heavy atom. The molecule has 1 saturated carbocycles. The van der Waals surface area contributed by atoms with Crippen molar-refractivity contribution in [2.45, 2.75) is 76.9 Å². The molecule has 0 bridgehead atoms. The van der Waals surface area contributed by atoms with Crippen molar-refractivity contribution in [3.8, 4) is 0 Å². The number of alkyl halides is 3. The molecule has 7 nitrogen and oxygen atoms in total. The average Bonchev–Trinajstić information content (AvgIpc) is 3.23. The minimum atomic E-state index is -4.61. The van der Waals surface area contributed by atoms with E-state index in [0.29, 0.717) is 42.8 Å². The molecule has 1 aromatic heterocycles. The van der Waals surface area contributed by atoms with Gasteiger partial charge in [-0.15, -0.1) is 0 Å². The molecule has 4 atom stereocenters. The normalized spacial score (nSPS) is 30.0. The minimum absolute atomic E-state index is 0.0254. The van der Waals surface area contributed by atoms with Crippen LogP contribution in [0.4, 0.5) is 13.2 Å². The molecule has 0 spiro atoms. The Morgan fingerprint density at radius 3 is 2.82 bits per heavy atom. The van der Waals surface area contributed by atoms with Crippen LogP contribution in [-0.4, -0.2) is 55.9 Å². The average molecular weight is 486 g/mol. The van der Waals surface area contributed by atoms with Crippen LogP contribution in [0.25, 0.3) is 0 Å². The van der Waals surface area contributed by atoms with Crippen LogP contribution in [0.2, 0.25) is 0 Å². The van der Waals surface area contributed by atoms with Crippen molar-refractivity contribution in [1.29, 1.82) is 0 Å². The number of nitrogens with zero attached hydrogens (tertiary/aromatic N) is 2. The first-order valence-corrected chi connectivity index (χ1v) is 12.0. The standard InChI is InChI=1S/C24H34F3N3O4/c1-15(2)23(7-4-18(11-23)28-19-6-9-34-14-21(19)33-3)22(31)29-8-5-20-16(12-29)10-17(13-30(20)32)24(25,26)27/h10,13,15,18-19,21,28H,4-9,11-12,14H2,1-3H3/t18-,19-,21-,23+/m1/s1. The molecule has 1 aliphatic carbocycles. The molecule has 2 aliphatic heterocycles. The van der Waals surface area contributed by atoms with Crippen molar-refractivity contribution < 1.29 is 32.2 Å². The molecule has 34 heavy (non-hydrogen) atoms. The molecule has 4 rings (SSSR count). The van der Waals surface area contributed by atoms with Gasteiger partial charge in [0.15, 0.2) is 11.9 Å². The number of aromatic nitrogens is 1. The van der Waals surface area contributed by atoms with Crippen molar-refractivity contribution in [2.75, 3.05) is 26.9 Å². The lowest BCUT2D eigenvalue weighted by molar-refractivity contribution is -0.616. The molecular weight excluding hydrogens is 451 g/mol. The number of methoxy groups -OCH3 is 1. The summed E-state index contributed by atoms with van der Waals surface area (Å²) < 4.78 is 51.1. The molecule has 1 aromatic rings. The number of amides is 1. The van der Waals surface area contributed by atoms with E-state index < -0.39 is 17.2 Å². The third kappa shape index (κ3) is 4.77. The molecule has 2 fully saturated rings. The van der Waals surface area contributed by atoms with E-state index in [-0.39, 0.29) is 48.5 Å². The van der Waals surface area contributed by atoms with E-state index in [9.17, 15) is 23.2 Å². The van der Waals surface area contributed by atoms with Gasteiger partial charge in [0.25, 0.3) is 0 Å². The van der Waals surface area contributed by atoms with Gasteiger partial charge in [0.2, 0.25) is 5.91 Å². The van der Waals surface area contributed by atoms with Gasteiger partial charge in [0, 0.05) is 37.9 Å². The SMILES string of the molecule is CO[C@@H]1COCC[C@H]1N[C@@H]1CC[C@@](C(=O)N2CCc3c(cc(C(F)(F)F)c[n+]3[O-])C2)(C(C)C)C1. The Hall–Kier alpha value is -1.91. The highest BCUT2D eigenvalue weighted by atomic mass is 19.4. The topological polar surface area (TPSA) is 77.7 Å². The van der Waals surface area contributed by atoms with E-state index in [1.807, 2.05) is 13.8 Å². The van der Waals surface area contributed by atoms with E-state index in [1.54, 1.807) is 12.0 Å². The molecule has 0 unspecified atom stereocenters. The van der Waals surface area contributed by atoms with Gasteiger partial charge >= 0.3 is 6.18 Å². The third-order valence-corrected chi connectivity index (χ3v) is 7.95. The number of halogens is 3. The predicted molar refractivity (Wildman–Crippen MR) is 118 cm³/mol. The van der Waals surface area contributed by atoms with Crippen LogP contribution >= 0.6 is 0 Å². The van der Waals surface area contributed by atoms with Crippen LogP contribution in [-0.2, 0) is 33.4 Å². The number of carbonyl (C=O) groups excluding carboxylic acids is 1. The second-order valence-corrected chi connectivity index (χ2v) is 10.2. The summed E-state index contributed by atoms with van der Waals surface area (Å²) in [6.07, 6.45) is -0.725. The summed E-state index contributed by atoms with van der Waals surface area (Å²) in [6, 6.07) is 1.34. The van der Waals surface area contributed by atoms with Crippen molar-refractivity contribution >= 4 is 5.91 Å². The molecule has 1 amide bonds. The number of fused-ring (bicyclic) bond motifs is 1. The summed E-state index contributed by atoms with van der Waals surface area (Å²) in [5.74, 6) is 0.0506. The fourth-order valence-corrected chi connectivity index (χ4v) is 5.85. The van der Waals surface area contributed by atoms with Crippen molar-refractivity contribution in [1.82, 2.24) is 10.2 Å². The molecule has 190 valence electrons. The highest BCUT2D eigenvalue weighted by Crippen LogP contribution is 2.47. The van der Waals surface area contributed by atoms with E-state index in [2.05, 4.69) is 5.32 Å². The van der Waals surface area contributed by atoms with Crippen LogP contribution in [0.3, 0.4) is 0 Å². The van der Waals surface area contributed by atoms with Gasteiger partial charge < -0.3 is 24.9 Å². The maximum atomic E-state index is 13.8. The van der Waals surface area contributed by atoms with E-state index in [4.69, 9.17) is 9.47 Å². The highest BCUT2D eigenvalue weighted by molar-refractivity contribution is 5.83. The fraction of sp³-hybridized carbons (Fsp3) is 0.750. The quantitative estimate of drug-likeness (QED) is 0.513. The van der Waals surface area contributed by atoms with Crippen molar-refractivity contribution in [2.24, 2.45) is 11.3 Å². The molecule has 3 aliphatic rings. The van der Waals surface area contributed by atoms with Crippen molar-refractivity contribution in [3.63, 3.8) is 0 Å². The number of rotatable bonds is 5. The number of hydrogen-bond donors (Lipinski definition) is 1. The second kappa shape index (κ2) is 9.62. The molecule has 0 aromatic carbocycles. The summed E-state index contributed by atoms with van der Waals surface area (Å²) in [6.45, 7) is 5.65. The van der Waals surface area contributed by atoms with Crippen LogP contribution in [0.1, 0.15) is 56.4 Å². The second-order valence-electron chi connectivity index (χ2n) is 10.2. The van der Waals surface area contributed by atoms with E-state index in [1.165, 1.54) is 0 Å². The largest absolute Gasteiger partial charge is 0.618 e. The maximum absolute atomic E-state index is 13.8. The Kier molecular flexibility index (Phi) is 7.13. The first kappa shape index (κ1) is 25.2. The van der Waals surface area contributed by atoms with E-state index in [0.717, 1.165) is 25.3 Å². The zero-order valence-corrected chi connectivity index (χ0v) is 20.0. The zero-order chi connectivity index (χ0) is 24.7. The smallest absolute Gasteiger partial charge is 0.422 e. The first-order chi connectivity index (χ1) is 16.0. The fourth-order valence-electron chi connectivity index (χ4n) is 5.85. The Bertz CT molecular complexity index is 910.